The molecule has 3 aliphatic rings. The number of benzene rings is 1. The van der Waals surface area contributed by atoms with Gasteiger partial charge in [0, 0.05) is 30.6 Å². The van der Waals surface area contributed by atoms with Crippen molar-refractivity contribution in [2.24, 2.45) is 11.7 Å². The fourth-order valence-corrected chi connectivity index (χ4v) is 7.91. The average molecular weight is 487 g/mol. The maximum Gasteiger partial charge on any atom is 0.224 e. The molecule has 5 nitrogen and oxygen atoms in total. The Labute approximate surface area is 193 Å². The molecule has 0 aromatic heterocycles. The van der Waals surface area contributed by atoms with Gasteiger partial charge in [-0.05, 0) is 62.5 Å². The molecule has 2 bridgehead atoms. The zero-order valence-electron chi connectivity index (χ0n) is 18.8. The summed E-state index contributed by atoms with van der Waals surface area (Å²) in [5, 5.41) is -0.309. The molecule has 4 rings (SSSR count). The van der Waals surface area contributed by atoms with Gasteiger partial charge in [-0.3, -0.25) is 4.79 Å². The Bertz CT molecular complexity index is 967. The first-order valence-electron chi connectivity index (χ1n) is 12.1. The van der Waals surface area contributed by atoms with Crippen LogP contribution in [0.5, 0.6) is 0 Å². The second-order valence-corrected chi connectivity index (χ2v) is 12.4. The molecule has 1 aromatic rings. The molecule has 9 heteroatoms. The van der Waals surface area contributed by atoms with E-state index in [9.17, 15) is 26.4 Å². The van der Waals surface area contributed by atoms with Crippen LogP contribution in [0.15, 0.2) is 12.1 Å². The summed E-state index contributed by atoms with van der Waals surface area (Å²) in [5.74, 6) is -3.29. The zero-order chi connectivity index (χ0) is 23.8. The molecule has 2 aliphatic heterocycles. The highest BCUT2D eigenvalue weighted by Crippen LogP contribution is 2.40. The molecule has 1 aliphatic carbocycles. The maximum atomic E-state index is 14.0. The highest BCUT2D eigenvalue weighted by Gasteiger charge is 2.44. The molecule has 0 spiro atoms. The van der Waals surface area contributed by atoms with Crippen molar-refractivity contribution < 1.29 is 26.4 Å². The molecule has 0 unspecified atom stereocenters. The first kappa shape index (κ1) is 24.5. The molecule has 0 radical (unpaired) electrons. The van der Waals surface area contributed by atoms with Crippen LogP contribution in [0.25, 0.3) is 0 Å². The van der Waals surface area contributed by atoms with E-state index in [-0.39, 0.29) is 53.3 Å². The standard InChI is InChI=1S/C24H33F3N2O3S/c25-20-14-22(27)21(26)12-15(20)13-23(28)16-10-17-6-7-18(11-16)29(17)24(30)8-9-33(31,32)19-4-2-1-3-5-19/h12,14,16-19,23H,1-11,13,28H2/t16-,17-,18+,23-/m1/s1. The van der Waals surface area contributed by atoms with Gasteiger partial charge in [-0.2, -0.15) is 0 Å². The number of hydrogen-bond acceptors (Lipinski definition) is 4. The molecule has 33 heavy (non-hydrogen) atoms. The zero-order valence-corrected chi connectivity index (χ0v) is 19.6. The maximum absolute atomic E-state index is 14.0. The van der Waals surface area contributed by atoms with Crippen LogP contribution in [-0.2, 0) is 21.1 Å². The third-order valence-electron chi connectivity index (χ3n) is 7.87. The van der Waals surface area contributed by atoms with Gasteiger partial charge in [0.1, 0.15) is 5.82 Å². The van der Waals surface area contributed by atoms with Crippen LogP contribution in [0.2, 0.25) is 0 Å². The summed E-state index contributed by atoms with van der Waals surface area (Å²) in [6.45, 7) is 0. The van der Waals surface area contributed by atoms with Gasteiger partial charge in [0.25, 0.3) is 0 Å². The second-order valence-electron chi connectivity index (χ2n) is 10.0. The quantitative estimate of drug-likeness (QED) is 0.593. The summed E-state index contributed by atoms with van der Waals surface area (Å²) in [7, 11) is -3.26. The van der Waals surface area contributed by atoms with Crippen molar-refractivity contribution in [2.75, 3.05) is 5.75 Å². The van der Waals surface area contributed by atoms with Crippen LogP contribution in [0.1, 0.15) is 69.8 Å². The average Bonchev–Trinajstić information content (AvgIpc) is 3.05. The van der Waals surface area contributed by atoms with Gasteiger partial charge in [0.05, 0.1) is 11.0 Å². The van der Waals surface area contributed by atoms with Crippen LogP contribution >= 0.6 is 0 Å². The van der Waals surface area contributed by atoms with Gasteiger partial charge in [0.2, 0.25) is 5.91 Å². The van der Waals surface area contributed by atoms with Crippen molar-refractivity contribution in [1.29, 1.82) is 0 Å². The van der Waals surface area contributed by atoms with E-state index in [4.69, 9.17) is 5.73 Å². The summed E-state index contributed by atoms with van der Waals surface area (Å²) in [4.78, 5) is 14.8. The van der Waals surface area contributed by atoms with Gasteiger partial charge in [-0.15, -0.1) is 0 Å². The van der Waals surface area contributed by atoms with Gasteiger partial charge < -0.3 is 10.6 Å². The molecule has 4 atom stereocenters. The number of nitrogens with zero attached hydrogens (tertiary/aromatic N) is 1. The van der Waals surface area contributed by atoms with Crippen molar-refractivity contribution in [2.45, 2.75) is 94.0 Å². The topological polar surface area (TPSA) is 80.5 Å². The SMILES string of the molecule is N[C@H](Cc1cc(F)c(F)cc1F)[C@@H]1C[C@H]2CC[C@@H](C1)N2C(=O)CCS(=O)(=O)C1CCCCC1. The number of piperidine rings is 1. The third kappa shape index (κ3) is 5.39. The van der Waals surface area contributed by atoms with Crippen LogP contribution in [0, 0.1) is 23.4 Å². The fraction of sp³-hybridized carbons (Fsp3) is 0.708. The molecule has 1 saturated carbocycles. The van der Waals surface area contributed by atoms with Gasteiger partial charge in [-0.1, -0.05) is 19.3 Å². The van der Waals surface area contributed by atoms with Crippen molar-refractivity contribution in [1.82, 2.24) is 4.90 Å². The lowest BCUT2D eigenvalue weighted by Crippen LogP contribution is -2.50. The Morgan fingerprint density at radius 1 is 0.970 bits per heavy atom. The number of carbonyl (C=O) groups is 1. The Hall–Kier alpha value is -1.61. The lowest BCUT2D eigenvalue weighted by atomic mass is 9.82. The molecule has 3 fully saturated rings. The van der Waals surface area contributed by atoms with Gasteiger partial charge in [-0.25, -0.2) is 21.6 Å². The summed E-state index contributed by atoms with van der Waals surface area (Å²) in [6.07, 6.45) is 7.45. The number of rotatable bonds is 7. The Morgan fingerprint density at radius 3 is 2.21 bits per heavy atom. The number of amides is 1. The highest BCUT2D eigenvalue weighted by molar-refractivity contribution is 7.92. The normalized spacial score (nSPS) is 27.0. The summed E-state index contributed by atoms with van der Waals surface area (Å²) in [6, 6.07) is 0.976. The minimum absolute atomic E-state index is 0.000476. The van der Waals surface area contributed by atoms with E-state index in [1.54, 1.807) is 0 Å². The van der Waals surface area contributed by atoms with E-state index in [1.807, 2.05) is 4.90 Å². The predicted molar refractivity (Wildman–Crippen MR) is 120 cm³/mol. The summed E-state index contributed by atoms with van der Waals surface area (Å²) in [5.41, 5.74) is 6.40. The summed E-state index contributed by atoms with van der Waals surface area (Å²) >= 11 is 0. The van der Waals surface area contributed by atoms with E-state index < -0.39 is 33.3 Å². The number of nitrogens with two attached hydrogens (primary N) is 1. The van der Waals surface area contributed by atoms with Crippen molar-refractivity contribution >= 4 is 15.7 Å². The molecular formula is C24H33F3N2O3S. The molecular weight excluding hydrogens is 453 g/mol. The van der Waals surface area contributed by atoms with Crippen molar-refractivity contribution in [3.05, 3.63) is 35.1 Å². The largest absolute Gasteiger partial charge is 0.337 e. The number of sulfone groups is 1. The molecule has 1 aromatic carbocycles. The second kappa shape index (κ2) is 9.94. The lowest BCUT2D eigenvalue weighted by molar-refractivity contribution is -0.136. The van der Waals surface area contributed by atoms with E-state index in [0.29, 0.717) is 31.7 Å². The van der Waals surface area contributed by atoms with E-state index >= 15 is 0 Å². The minimum Gasteiger partial charge on any atom is -0.337 e. The Morgan fingerprint density at radius 2 is 1.58 bits per heavy atom. The van der Waals surface area contributed by atoms with Crippen LogP contribution < -0.4 is 5.73 Å². The van der Waals surface area contributed by atoms with E-state index in [0.717, 1.165) is 38.2 Å². The van der Waals surface area contributed by atoms with Crippen LogP contribution in [-0.4, -0.2) is 48.4 Å². The molecule has 1 amide bonds. The molecule has 2 saturated heterocycles. The number of halogens is 3. The number of carbonyl (C=O) groups excluding carboxylic acids is 1. The smallest absolute Gasteiger partial charge is 0.224 e. The van der Waals surface area contributed by atoms with Crippen molar-refractivity contribution in [3.63, 3.8) is 0 Å². The predicted octanol–water partition coefficient (Wildman–Crippen LogP) is 3.88. The number of hydrogen-bond donors (Lipinski definition) is 1. The first-order chi connectivity index (χ1) is 15.7. The van der Waals surface area contributed by atoms with Crippen LogP contribution in [0.3, 0.4) is 0 Å². The first-order valence-corrected chi connectivity index (χ1v) is 13.8. The van der Waals surface area contributed by atoms with E-state index in [1.165, 1.54) is 0 Å². The Kier molecular flexibility index (Phi) is 7.38. The minimum atomic E-state index is -3.26. The van der Waals surface area contributed by atoms with Gasteiger partial charge in [0.15, 0.2) is 21.5 Å². The molecule has 2 heterocycles. The highest BCUT2D eigenvalue weighted by atomic mass is 32.2. The monoisotopic (exact) mass is 486 g/mol. The lowest BCUT2D eigenvalue weighted by Gasteiger charge is -2.41. The van der Waals surface area contributed by atoms with Crippen molar-refractivity contribution in [3.8, 4) is 0 Å². The molecule has 184 valence electrons. The molecule has 2 N–H and O–H groups in total. The fourth-order valence-electron chi connectivity index (χ4n) is 6.07. The van der Waals surface area contributed by atoms with E-state index in [2.05, 4.69) is 0 Å². The van der Waals surface area contributed by atoms with Crippen LogP contribution in [0.4, 0.5) is 13.2 Å². The summed E-state index contributed by atoms with van der Waals surface area (Å²) < 4.78 is 66.1. The van der Waals surface area contributed by atoms with Gasteiger partial charge >= 0.3 is 0 Å². The third-order valence-corrected chi connectivity index (χ3v) is 10.1. The Balaban J connectivity index is 1.34. The number of fused-ring (bicyclic) bond motifs is 2.